The van der Waals surface area contributed by atoms with Crippen LogP contribution in [-0.2, 0) is 9.59 Å². The molecular formula is C19H13NO4S3. The van der Waals surface area contributed by atoms with Crippen LogP contribution in [0.2, 0.25) is 0 Å². The first kappa shape index (κ1) is 18.0. The summed E-state index contributed by atoms with van der Waals surface area (Å²) in [6.45, 7) is 0.0720. The lowest BCUT2D eigenvalue weighted by molar-refractivity contribution is -0.137. The Balaban J connectivity index is 1.55. The minimum atomic E-state index is -0.966. The summed E-state index contributed by atoms with van der Waals surface area (Å²) in [5, 5.41) is 9.96. The molecule has 1 aromatic carbocycles. The van der Waals surface area contributed by atoms with E-state index in [1.807, 2.05) is 24.3 Å². The third-order valence-corrected chi connectivity index (χ3v) is 6.50. The highest BCUT2D eigenvalue weighted by Gasteiger charge is 2.32. The van der Waals surface area contributed by atoms with Crippen molar-refractivity contribution in [1.82, 2.24) is 4.90 Å². The van der Waals surface area contributed by atoms with Crippen molar-refractivity contribution < 1.29 is 19.1 Å². The molecule has 1 saturated heterocycles. The van der Waals surface area contributed by atoms with E-state index in [1.165, 1.54) is 9.60 Å². The summed E-state index contributed by atoms with van der Waals surface area (Å²) in [4.78, 5) is 25.9. The summed E-state index contributed by atoms with van der Waals surface area (Å²) in [5.41, 5.74) is 0. The number of thioether (sulfide) groups is 1. The molecule has 1 aliphatic heterocycles. The molecule has 8 heteroatoms. The van der Waals surface area contributed by atoms with Crippen LogP contribution in [-0.4, -0.2) is 32.7 Å². The van der Waals surface area contributed by atoms with Gasteiger partial charge in [0.2, 0.25) is 0 Å². The number of carbonyl (C=O) groups excluding carboxylic acids is 1. The molecule has 3 heterocycles. The minimum absolute atomic E-state index is 0.0720. The lowest BCUT2D eigenvalue weighted by Crippen LogP contribution is -2.30. The smallest absolute Gasteiger partial charge is 0.305 e. The van der Waals surface area contributed by atoms with Gasteiger partial charge in [0.15, 0.2) is 0 Å². The molecule has 2 aromatic heterocycles. The predicted octanol–water partition coefficient (Wildman–Crippen LogP) is 4.84. The molecule has 1 fully saturated rings. The van der Waals surface area contributed by atoms with Gasteiger partial charge in [0.05, 0.1) is 16.2 Å². The van der Waals surface area contributed by atoms with E-state index in [2.05, 4.69) is 18.2 Å². The average Bonchev–Trinajstić information content (AvgIpc) is 3.32. The van der Waals surface area contributed by atoms with Crippen LogP contribution in [0.1, 0.15) is 12.2 Å². The van der Waals surface area contributed by atoms with Crippen molar-refractivity contribution in [2.75, 3.05) is 6.54 Å². The van der Waals surface area contributed by atoms with Gasteiger partial charge in [0.1, 0.15) is 15.8 Å². The fourth-order valence-electron chi connectivity index (χ4n) is 2.70. The number of furan rings is 1. The molecule has 0 radical (unpaired) electrons. The fraction of sp³-hybridized carbons (Fsp3) is 0.105. The molecule has 0 aliphatic carbocycles. The topological polar surface area (TPSA) is 70.8 Å². The van der Waals surface area contributed by atoms with Crippen molar-refractivity contribution in [2.45, 2.75) is 6.42 Å². The van der Waals surface area contributed by atoms with Gasteiger partial charge >= 0.3 is 5.97 Å². The highest BCUT2D eigenvalue weighted by atomic mass is 32.2. The summed E-state index contributed by atoms with van der Waals surface area (Å²) in [7, 11) is 0. The number of aliphatic carboxylic acids is 1. The maximum absolute atomic E-state index is 12.4. The molecule has 1 N–H and O–H groups in total. The maximum Gasteiger partial charge on any atom is 0.305 e. The van der Waals surface area contributed by atoms with Crippen LogP contribution in [0.5, 0.6) is 0 Å². The Morgan fingerprint density at radius 3 is 2.85 bits per heavy atom. The number of rotatable bonds is 5. The molecule has 1 aliphatic rings. The lowest BCUT2D eigenvalue weighted by Gasteiger charge is -2.12. The summed E-state index contributed by atoms with van der Waals surface area (Å²) in [6.07, 6.45) is 1.51. The highest BCUT2D eigenvalue weighted by molar-refractivity contribution is 8.26. The zero-order chi connectivity index (χ0) is 19.0. The molecule has 0 unspecified atom stereocenters. The molecule has 3 aromatic rings. The first-order valence-corrected chi connectivity index (χ1v) is 10.1. The fourth-order valence-corrected chi connectivity index (χ4v) is 5.01. The normalized spacial score (nSPS) is 16.0. The van der Waals surface area contributed by atoms with Crippen molar-refractivity contribution in [1.29, 1.82) is 0 Å². The Bertz CT molecular complexity index is 1060. The van der Waals surface area contributed by atoms with Crippen molar-refractivity contribution in [2.24, 2.45) is 0 Å². The van der Waals surface area contributed by atoms with Gasteiger partial charge in [-0.2, -0.15) is 0 Å². The third-order valence-electron chi connectivity index (χ3n) is 3.99. The minimum Gasteiger partial charge on any atom is -0.481 e. The molecule has 0 atom stereocenters. The number of carbonyl (C=O) groups is 2. The number of hydrogen-bond donors (Lipinski definition) is 1. The van der Waals surface area contributed by atoms with E-state index in [0.717, 1.165) is 27.8 Å². The molecule has 27 heavy (non-hydrogen) atoms. The Kier molecular flexibility index (Phi) is 4.86. The number of thiophene rings is 1. The second-order valence-electron chi connectivity index (χ2n) is 5.83. The zero-order valence-corrected chi connectivity index (χ0v) is 16.3. The number of hydrogen-bond acceptors (Lipinski definition) is 6. The van der Waals surface area contributed by atoms with Crippen molar-refractivity contribution >= 4 is 67.7 Å². The average molecular weight is 416 g/mol. The molecule has 0 spiro atoms. The first-order valence-electron chi connectivity index (χ1n) is 8.07. The van der Waals surface area contributed by atoms with Crippen LogP contribution in [0.25, 0.3) is 26.8 Å². The van der Waals surface area contributed by atoms with Crippen LogP contribution in [0, 0.1) is 0 Å². The SMILES string of the molecule is O=C(O)CCN1C(=O)C(=Cc2ccc(-c3cc4ccccc4s3)o2)SC1=S. The summed E-state index contributed by atoms with van der Waals surface area (Å²) in [6, 6.07) is 13.9. The quantitative estimate of drug-likeness (QED) is 0.475. The molecule has 0 bridgehead atoms. The van der Waals surface area contributed by atoms with E-state index in [9.17, 15) is 9.59 Å². The van der Waals surface area contributed by atoms with E-state index in [0.29, 0.717) is 15.0 Å². The first-order chi connectivity index (χ1) is 13.0. The van der Waals surface area contributed by atoms with Crippen molar-refractivity contribution in [3.05, 3.63) is 53.1 Å². The van der Waals surface area contributed by atoms with Gasteiger partial charge in [0.25, 0.3) is 5.91 Å². The monoisotopic (exact) mass is 415 g/mol. The number of carboxylic acid groups (broad SMARTS) is 1. The number of fused-ring (bicyclic) bond motifs is 1. The van der Waals surface area contributed by atoms with E-state index in [1.54, 1.807) is 17.4 Å². The molecule has 0 saturated carbocycles. The van der Waals surface area contributed by atoms with E-state index >= 15 is 0 Å². The highest BCUT2D eigenvalue weighted by Crippen LogP contribution is 2.36. The van der Waals surface area contributed by atoms with Crippen molar-refractivity contribution in [3.8, 4) is 10.6 Å². The number of nitrogens with zero attached hydrogens (tertiary/aromatic N) is 1. The molecule has 5 nitrogen and oxygen atoms in total. The summed E-state index contributed by atoms with van der Waals surface area (Å²) in [5.74, 6) is 0.0445. The maximum atomic E-state index is 12.4. The Morgan fingerprint density at radius 1 is 1.26 bits per heavy atom. The Morgan fingerprint density at radius 2 is 2.07 bits per heavy atom. The van der Waals surface area contributed by atoms with Crippen LogP contribution < -0.4 is 0 Å². The van der Waals surface area contributed by atoms with E-state index in [-0.39, 0.29) is 18.9 Å². The molecular weight excluding hydrogens is 402 g/mol. The van der Waals surface area contributed by atoms with Crippen LogP contribution in [0.4, 0.5) is 0 Å². The van der Waals surface area contributed by atoms with Crippen LogP contribution in [0.3, 0.4) is 0 Å². The summed E-state index contributed by atoms with van der Waals surface area (Å²) < 4.78 is 7.44. The second-order valence-corrected chi connectivity index (χ2v) is 8.59. The lowest BCUT2D eigenvalue weighted by atomic mass is 10.2. The van der Waals surface area contributed by atoms with Gasteiger partial charge < -0.3 is 9.52 Å². The molecule has 1 amide bonds. The number of thiocarbonyl (C=S) groups is 1. The largest absolute Gasteiger partial charge is 0.481 e. The zero-order valence-electron chi connectivity index (χ0n) is 13.9. The Labute approximate surface area is 168 Å². The number of amides is 1. The Hall–Kier alpha value is -2.42. The van der Waals surface area contributed by atoms with Gasteiger partial charge in [-0.3, -0.25) is 14.5 Å². The second kappa shape index (κ2) is 7.30. The third kappa shape index (κ3) is 3.69. The van der Waals surface area contributed by atoms with E-state index in [4.69, 9.17) is 21.7 Å². The number of benzene rings is 1. The standard InChI is InChI=1S/C19H13NO4S3/c21-17(22)7-8-20-18(23)16(27-19(20)25)10-12-5-6-13(24-12)15-9-11-3-1-2-4-14(11)26-15/h1-6,9-10H,7-8H2,(H,21,22). The van der Waals surface area contributed by atoms with Crippen LogP contribution >= 0.6 is 35.3 Å². The van der Waals surface area contributed by atoms with Gasteiger partial charge in [-0.1, -0.05) is 42.2 Å². The van der Waals surface area contributed by atoms with Gasteiger partial charge in [0, 0.05) is 17.3 Å². The summed E-state index contributed by atoms with van der Waals surface area (Å²) >= 11 is 7.99. The molecule has 4 rings (SSSR count). The van der Waals surface area contributed by atoms with Gasteiger partial charge in [-0.15, -0.1) is 11.3 Å². The molecule has 136 valence electrons. The van der Waals surface area contributed by atoms with Crippen molar-refractivity contribution in [3.63, 3.8) is 0 Å². The van der Waals surface area contributed by atoms with E-state index < -0.39 is 5.97 Å². The van der Waals surface area contributed by atoms with Gasteiger partial charge in [-0.05, 0) is 29.7 Å². The predicted molar refractivity (Wildman–Crippen MR) is 112 cm³/mol. The van der Waals surface area contributed by atoms with Gasteiger partial charge in [-0.25, -0.2) is 0 Å². The number of carboxylic acids is 1. The van der Waals surface area contributed by atoms with Crippen LogP contribution in [0.15, 0.2) is 51.8 Å².